The molecule has 3 fully saturated rings. The molecule has 65 heavy (non-hydrogen) atoms. The van der Waals surface area contributed by atoms with E-state index in [9.17, 15) is 35.1 Å². The predicted octanol–water partition coefficient (Wildman–Crippen LogP) is -1.56. The van der Waals surface area contributed by atoms with Gasteiger partial charge in [0.05, 0.1) is 101 Å². The fourth-order valence-corrected chi connectivity index (χ4v) is 9.75. The first-order valence-electron chi connectivity index (χ1n) is 22.3. The van der Waals surface area contributed by atoms with E-state index in [1.165, 1.54) is 21.3 Å². The molecule has 4 heterocycles. The second kappa shape index (κ2) is 28.3. The molecule has 4 rings (SSSR count). The first-order valence-corrected chi connectivity index (χ1v) is 22.3. The van der Waals surface area contributed by atoms with Crippen molar-refractivity contribution in [1.82, 2.24) is 10.6 Å². The van der Waals surface area contributed by atoms with Crippen molar-refractivity contribution >= 4 is 11.9 Å². The van der Waals surface area contributed by atoms with E-state index in [2.05, 4.69) is 10.6 Å². The number of aliphatic hydroxyl groups is 3. The number of ether oxygens (including phenoxy) is 13. The first kappa shape index (κ1) is 55.4. The van der Waals surface area contributed by atoms with Crippen molar-refractivity contribution in [1.29, 1.82) is 0 Å². The van der Waals surface area contributed by atoms with Gasteiger partial charge < -0.3 is 97.7 Å². The lowest BCUT2D eigenvalue weighted by molar-refractivity contribution is -0.231. The van der Waals surface area contributed by atoms with Crippen LogP contribution in [-0.4, -0.2) is 245 Å². The van der Waals surface area contributed by atoms with Gasteiger partial charge in [-0.25, -0.2) is 9.59 Å². The maximum Gasteiger partial charge on any atom is 0.370 e. The van der Waals surface area contributed by atoms with Crippen LogP contribution in [0, 0.1) is 17.8 Å². The number of carboxylic acid groups (broad SMARTS) is 2. The number of carboxylic acids is 2. The van der Waals surface area contributed by atoms with Gasteiger partial charge in [0.25, 0.3) is 0 Å². The Morgan fingerprint density at radius 3 is 1.62 bits per heavy atom. The standard InChI is InChI=1S/C43H76N2O20/c1-44-34-33(63-30(19-53-3)23(36(34)47)9-13-59-15-11-27-40(57-7)26(46)17-29(62-27)42(49)50)22-61-18-25-37(48)41(58-8)28(65-39(25)43(51)52)12-16-60-14-10-24-31(20-54-4)64-32(21-55-5)35(45-2)38(24)56-6/h17,23-28,30-41,44-48H,9-16,18-22H2,1-8H3,(H,49,50)(H,51,52). The van der Waals surface area contributed by atoms with Gasteiger partial charge in [0.15, 0.2) is 6.10 Å². The summed E-state index contributed by atoms with van der Waals surface area (Å²) in [6.45, 7) is 1.59. The third-order valence-electron chi connectivity index (χ3n) is 13.0. The Hall–Kier alpha value is -2.20. The molecule has 0 aromatic heterocycles. The number of nitrogens with one attached hydrogen (secondary N) is 2. The monoisotopic (exact) mass is 940 g/mol. The molecular weight excluding hydrogens is 864 g/mol. The van der Waals surface area contributed by atoms with Crippen LogP contribution >= 0.6 is 0 Å². The molecular formula is C43H76N2O20. The number of aliphatic hydroxyl groups excluding tert-OH is 3. The van der Waals surface area contributed by atoms with Crippen molar-refractivity contribution < 1.29 is 96.7 Å². The van der Waals surface area contributed by atoms with Crippen LogP contribution in [-0.2, 0) is 71.2 Å². The van der Waals surface area contributed by atoms with Gasteiger partial charge in [-0.2, -0.15) is 0 Å². The van der Waals surface area contributed by atoms with Crippen LogP contribution in [0.5, 0.6) is 0 Å². The van der Waals surface area contributed by atoms with Crippen LogP contribution in [0.15, 0.2) is 11.8 Å². The molecule has 0 aromatic carbocycles. The molecule has 22 nitrogen and oxygen atoms in total. The quantitative estimate of drug-likeness (QED) is 0.0418. The summed E-state index contributed by atoms with van der Waals surface area (Å²) in [4.78, 5) is 24.0. The molecule has 18 unspecified atom stereocenters. The zero-order valence-corrected chi connectivity index (χ0v) is 39.0. The van der Waals surface area contributed by atoms with Gasteiger partial charge in [0, 0.05) is 86.7 Å². The Morgan fingerprint density at radius 1 is 0.554 bits per heavy atom. The van der Waals surface area contributed by atoms with E-state index in [4.69, 9.17) is 61.6 Å². The maximum absolute atomic E-state index is 12.6. The Morgan fingerprint density at radius 2 is 1.08 bits per heavy atom. The number of hydrogen-bond acceptors (Lipinski definition) is 20. The molecule has 22 heteroatoms. The summed E-state index contributed by atoms with van der Waals surface area (Å²) in [5.41, 5.74) is 0. The minimum absolute atomic E-state index is 0.0551. The molecule has 18 atom stereocenters. The highest BCUT2D eigenvalue weighted by molar-refractivity contribution is 5.84. The van der Waals surface area contributed by atoms with E-state index in [-0.39, 0.29) is 88.5 Å². The van der Waals surface area contributed by atoms with E-state index < -0.39 is 90.9 Å². The van der Waals surface area contributed by atoms with E-state index in [1.807, 2.05) is 7.05 Å². The van der Waals surface area contributed by atoms with Crippen molar-refractivity contribution in [2.24, 2.45) is 17.8 Å². The number of carbonyl (C=O) groups is 2. The van der Waals surface area contributed by atoms with Gasteiger partial charge in [-0.1, -0.05) is 0 Å². The Balaban J connectivity index is 1.27. The van der Waals surface area contributed by atoms with Gasteiger partial charge in [-0.05, 0) is 39.4 Å². The molecule has 0 radical (unpaired) electrons. The normalized spacial score (nSPS) is 37.7. The number of rotatable bonds is 29. The smallest absolute Gasteiger partial charge is 0.370 e. The molecule has 0 amide bonds. The average Bonchev–Trinajstić information content (AvgIpc) is 3.27. The molecule has 0 saturated carbocycles. The Kier molecular flexibility index (Phi) is 24.1. The van der Waals surface area contributed by atoms with E-state index >= 15 is 0 Å². The predicted molar refractivity (Wildman–Crippen MR) is 227 cm³/mol. The van der Waals surface area contributed by atoms with E-state index in [1.54, 1.807) is 28.4 Å². The maximum atomic E-state index is 12.6. The SMILES string of the molecule is CNC1C(COCC2C(C(=O)O)OC(CCOCCC3C(COC)OC(COC)C(NC)C3OC)C(OC)C2O)OC(COC)C(CCOCCC2OC(C(=O)O)=CC(O)C2OC)C1O. The van der Waals surface area contributed by atoms with Crippen molar-refractivity contribution in [3.8, 4) is 0 Å². The first-order chi connectivity index (χ1) is 31.3. The molecule has 3 saturated heterocycles. The molecule has 4 aliphatic heterocycles. The van der Waals surface area contributed by atoms with Crippen LogP contribution < -0.4 is 10.6 Å². The second-order valence-corrected chi connectivity index (χ2v) is 16.8. The zero-order chi connectivity index (χ0) is 47.6. The number of aliphatic carboxylic acids is 2. The van der Waals surface area contributed by atoms with Crippen LogP contribution in [0.25, 0.3) is 0 Å². The molecule has 0 aromatic rings. The van der Waals surface area contributed by atoms with Crippen LogP contribution in [0.1, 0.15) is 25.7 Å². The lowest BCUT2D eigenvalue weighted by atomic mass is 9.83. The summed E-state index contributed by atoms with van der Waals surface area (Å²) in [5, 5.41) is 59.4. The summed E-state index contributed by atoms with van der Waals surface area (Å²) in [5.74, 6) is -4.39. The lowest BCUT2D eigenvalue weighted by Gasteiger charge is -2.46. The summed E-state index contributed by atoms with van der Waals surface area (Å²) in [6, 6.07) is -0.714. The highest BCUT2D eigenvalue weighted by atomic mass is 16.6. The van der Waals surface area contributed by atoms with Gasteiger partial charge >= 0.3 is 11.9 Å². The fourth-order valence-electron chi connectivity index (χ4n) is 9.75. The van der Waals surface area contributed by atoms with Gasteiger partial charge in [0.2, 0.25) is 5.76 Å². The summed E-state index contributed by atoms with van der Waals surface area (Å²) in [7, 11) is 12.8. The molecule has 0 aliphatic carbocycles. The van der Waals surface area contributed by atoms with Crippen molar-refractivity contribution in [2.75, 3.05) is 116 Å². The molecule has 0 bridgehead atoms. The number of hydrogen-bond donors (Lipinski definition) is 7. The largest absolute Gasteiger partial charge is 0.480 e. The third-order valence-corrected chi connectivity index (χ3v) is 13.0. The molecule has 4 aliphatic rings. The average molecular weight is 941 g/mol. The number of methoxy groups -OCH3 is 6. The van der Waals surface area contributed by atoms with E-state index in [0.717, 1.165) is 6.08 Å². The minimum atomic E-state index is -1.41. The fraction of sp³-hybridized carbons (Fsp3) is 0.907. The van der Waals surface area contributed by atoms with Gasteiger partial charge in [0.1, 0.15) is 24.4 Å². The number of likely N-dealkylation sites (N-methyl/N-ethyl adjacent to an activating group) is 2. The Bertz CT molecular complexity index is 1410. The van der Waals surface area contributed by atoms with Crippen LogP contribution in [0.2, 0.25) is 0 Å². The second-order valence-electron chi connectivity index (χ2n) is 16.8. The van der Waals surface area contributed by atoms with Crippen LogP contribution in [0.4, 0.5) is 0 Å². The highest BCUT2D eigenvalue weighted by Gasteiger charge is 2.50. The van der Waals surface area contributed by atoms with Crippen LogP contribution in [0.3, 0.4) is 0 Å². The highest BCUT2D eigenvalue weighted by Crippen LogP contribution is 2.34. The van der Waals surface area contributed by atoms with Gasteiger partial charge in [-0.3, -0.25) is 0 Å². The minimum Gasteiger partial charge on any atom is -0.480 e. The molecule has 378 valence electrons. The van der Waals surface area contributed by atoms with Gasteiger partial charge in [-0.15, -0.1) is 0 Å². The summed E-state index contributed by atoms with van der Waals surface area (Å²) >= 11 is 0. The van der Waals surface area contributed by atoms with Crippen molar-refractivity contribution in [2.45, 2.75) is 117 Å². The summed E-state index contributed by atoms with van der Waals surface area (Å²) < 4.78 is 75.6. The van der Waals surface area contributed by atoms with Crippen molar-refractivity contribution in [3.05, 3.63) is 11.8 Å². The zero-order valence-electron chi connectivity index (χ0n) is 39.0. The van der Waals surface area contributed by atoms with E-state index in [0.29, 0.717) is 32.7 Å². The van der Waals surface area contributed by atoms with Crippen molar-refractivity contribution in [3.63, 3.8) is 0 Å². The molecule has 0 spiro atoms. The summed E-state index contributed by atoms with van der Waals surface area (Å²) in [6.07, 6.45) is -7.30. The molecule has 7 N–H and O–H groups in total. The lowest BCUT2D eigenvalue weighted by Crippen LogP contribution is -2.62. The third kappa shape index (κ3) is 14.7. The topological polar surface area (TPSA) is 279 Å². The Labute approximate surface area is 381 Å².